The van der Waals surface area contributed by atoms with E-state index in [4.69, 9.17) is 10.5 Å². The number of nitrogens with two attached hydrogens (primary N) is 1. The third-order valence-electron chi connectivity index (χ3n) is 6.50. The molecule has 0 saturated heterocycles. The van der Waals surface area contributed by atoms with Crippen molar-refractivity contribution in [3.8, 4) is 0 Å². The zero-order valence-electron chi connectivity index (χ0n) is 27.5. The van der Waals surface area contributed by atoms with Gasteiger partial charge in [-0.15, -0.1) is 11.8 Å². The number of aliphatic hydroxyl groups is 1. The highest BCUT2D eigenvalue weighted by atomic mass is 32.2. The normalized spacial score (nSPS) is 15.3. The minimum atomic E-state index is -1.57. The van der Waals surface area contributed by atoms with Gasteiger partial charge in [-0.1, -0.05) is 32.0 Å². The van der Waals surface area contributed by atoms with Crippen LogP contribution in [0.25, 0.3) is 0 Å². The Morgan fingerprint density at radius 2 is 1.45 bits per heavy atom. The SMILES string of the molecule is CCOC(=O)CCSC(=O)[C@H](CC(=O)O)NC(=O)[C@H](C)NC(=O)[C@@H](NC(=O)[C@@H](NC(=O)[C@@H](N)CSCNC(C)=O)[C@@H](C)CC)[C@@H](C)O. The second kappa shape index (κ2) is 23.0. The maximum atomic E-state index is 13.2. The molecule has 0 fully saturated rings. The van der Waals surface area contributed by atoms with Gasteiger partial charge in [0.2, 0.25) is 34.7 Å². The van der Waals surface area contributed by atoms with E-state index in [1.165, 1.54) is 32.5 Å². The van der Waals surface area contributed by atoms with E-state index in [2.05, 4.69) is 26.6 Å². The van der Waals surface area contributed by atoms with Crippen LogP contribution >= 0.6 is 23.5 Å². The Morgan fingerprint density at radius 3 is 1.98 bits per heavy atom. The Hall–Kier alpha value is -3.42. The number of thioether (sulfide) groups is 2. The largest absolute Gasteiger partial charge is 0.481 e. The smallest absolute Gasteiger partial charge is 0.306 e. The Morgan fingerprint density at radius 1 is 0.851 bits per heavy atom. The van der Waals surface area contributed by atoms with Gasteiger partial charge < -0.3 is 47.3 Å². The molecule has 0 spiro atoms. The quantitative estimate of drug-likeness (QED) is 0.0351. The fourth-order valence-electron chi connectivity index (χ4n) is 3.63. The number of hydrogen-bond acceptors (Lipinski definition) is 13. The Bertz CT molecular complexity index is 1110. The number of carbonyl (C=O) groups is 8. The lowest BCUT2D eigenvalue weighted by molar-refractivity contribution is -0.142. The molecule has 0 aliphatic rings. The van der Waals surface area contributed by atoms with Crippen molar-refractivity contribution in [3.63, 3.8) is 0 Å². The van der Waals surface area contributed by atoms with Gasteiger partial charge in [0.05, 0.1) is 37.5 Å². The zero-order valence-corrected chi connectivity index (χ0v) is 29.1. The molecule has 0 saturated carbocycles. The zero-order chi connectivity index (χ0) is 36.3. The molecule has 0 aromatic carbocycles. The van der Waals surface area contributed by atoms with Crippen LogP contribution in [0, 0.1) is 5.92 Å². The monoisotopic (exact) mass is 708 g/mol. The summed E-state index contributed by atoms with van der Waals surface area (Å²) in [6.45, 7) is 9.06. The average Bonchev–Trinajstić information content (AvgIpc) is 2.98. The second-order valence-electron chi connectivity index (χ2n) is 10.6. The van der Waals surface area contributed by atoms with E-state index in [1.54, 1.807) is 20.8 Å². The summed E-state index contributed by atoms with van der Waals surface area (Å²) in [7, 11) is 0. The summed E-state index contributed by atoms with van der Waals surface area (Å²) in [5, 5.41) is 30.9. The van der Waals surface area contributed by atoms with Crippen LogP contribution in [-0.4, -0.2) is 117 Å². The standard InChI is InChI=1S/C28H48N6O11S2/c1-7-14(3)22(33-25(41)18(29)12-46-13-30-17(6)36)26(42)34-23(16(5)35)27(43)31-15(4)24(40)32-19(11-20(37)38)28(44)47-10-9-21(39)45-8-2/h14-16,18-19,22-23,35H,7-13,29H2,1-6H3,(H,30,36)(H,31,43)(H,32,40)(H,33,41)(H,34,42)(H,37,38)/t14-,15-,16+,18-,19-,22-,23-/m0/s1. The lowest BCUT2D eigenvalue weighted by Crippen LogP contribution is -2.61. The van der Waals surface area contributed by atoms with E-state index in [9.17, 15) is 48.6 Å². The molecular weight excluding hydrogens is 660 g/mol. The van der Waals surface area contributed by atoms with Crippen LogP contribution in [0.2, 0.25) is 0 Å². The summed E-state index contributed by atoms with van der Waals surface area (Å²) in [6, 6.07) is -6.55. The summed E-state index contributed by atoms with van der Waals surface area (Å²) in [5.74, 6) is -5.54. The van der Waals surface area contributed by atoms with E-state index < -0.39 is 89.3 Å². The molecule has 0 unspecified atom stereocenters. The Kier molecular flexibility index (Phi) is 21.3. The van der Waals surface area contributed by atoms with Crippen LogP contribution in [-0.2, 0) is 43.1 Å². The van der Waals surface area contributed by atoms with Gasteiger partial charge in [0, 0.05) is 18.4 Å². The van der Waals surface area contributed by atoms with Gasteiger partial charge in [-0.2, -0.15) is 0 Å². The van der Waals surface area contributed by atoms with Crippen molar-refractivity contribution in [1.82, 2.24) is 26.6 Å². The number of nitrogens with one attached hydrogen (secondary N) is 5. The number of amides is 5. The number of rotatable bonds is 22. The van der Waals surface area contributed by atoms with E-state index >= 15 is 0 Å². The predicted molar refractivity (Wildman–Crippen MR) is 175 cm³/mol. The van der Waals surface area contributed by atoms with Crippen molar-refractivity contribution in [1.29, 1.82) is 0 Å². The van der Waals surface area contributed by atoms with Gasteiger partial charge in [0.25, 0.3) is 0 Å². The molecule has 0 aliphatic heterocycles. The van der Waals surface area contributed by atoms with Gasteiger partial charge in [0.1, 0.15) is 24.2 Å². The maximum Gasteiger partial charge on any atom is 0.306 e. The molecule has 19 heteroatoms. The number of carboxylic acids is 1. The van der Waals surface area contributed by atoms with Gasteiger partial charge in [0.15, 0.2) is 0 Å². The second-order valence-corrected chi connectivity index (χ2v) is 12.7. The fourth-order valence-corrected chi connectivity index (χ4v) is 5.27. The van der Waals surface area contributed by atoms with Crippen molar-refractivity contribution in [2.45, 2.75) is 97.1 Å². The van der Waals surface area contributed by atoms with Crippen molar-refractivity contribution in [2.24, 2.45) is 11.7 Å². The lowest BCUT2D eigenvalue weighted by Gasteiger charge is -2.29. The number of hydrogen-bond donors (Lipinski definition) is 8. The van der Waals surface area contributed by atoms with E-state index in [0.29, 0.717) is 18.2 Å². The minimum Gasteiger partial charge on any atom is -0.481 e. The topological polar surface area (TPSA) is 272 Å². The van der Waals surface area contributed by atoms with Crippen LogP contribution in [0.15, 0.2) is 0 Å². The lowest BCUT2D eigenvalue weighted by atomic mass is 9.97. The van der Waals surface area contributed by atoms with E-state index in [1.807, 2.05) is 0 Å². The summed E-state index contributed by atoms with van der Waals surface area (Å²) in [4.78, 5) is 98.3. The van der Waals surface area contributed by atoms with Crippen molar-refractivity contribution in [3.05, 3.63) is 0 Å². The molecule has 0 radical (unpaired) electrons. The molecule has 5 amide bonds. The first-order valence-electron chi connectivity index (χ1n) is 15.0. The number of aliphatic carboxylic acids is 1. The fraction of sp³-hybridized carbons (Fsp3) is 0.714. The number of carboxylic acid groups (broad SMARTS) is 1. The molecule has 9 N–H and O–H groups in total. The Balaban J connectivity index is 5.45. The van der Waals surface area contributed by atoms with Gasteiger partial charge in [-0.05, 0) is 26.7 Å². The first kappa shape index (κ1) is 43.6. The molecule has 0 bridgehead atoms. The summed E-state index contributed by atoms with van der Waals surface area (Å²) < 4.78 is 4.77. The third kappa shape index (κ3) is 17.9. The highest BCUT2D eigenvalue weighted by Crippen LogP contribution is 2.12. The molecule has 0 heterocycles. The molecule has 0 rings (SSSR count). The average molecular weight is 709 g/mol. The Labute approximate surface area is 282 Å². The van der Waals surface area contributed by atoms with Crippen molar-refractivity contribution in [2.75, 3.05) is 24.0 Å². The molecule has 268 valence electrons. The van der Waals surface area contributed by atoms with Crippen LogP contribution in [0.1, 0.15) is 60.8 Å². The summed E-state index contributed by atoms with van der Waals surface area (Å²) >= 11 is 1.85. The number of aliphatic hydroxyl groups excluding tert-OH is 1. The number of ether oxygens (including phenoxy) is 1. The maximum absolute atomic E-state index is 13.2. The first-order valence-corrected chi connectivity index (χ1v) is 17.1. The summed E-state index contributed by atoms with van der Waals surface area (Å²) in [6.07, 6.45) is -1.87. The molecule has 7 atom stereocenters. The van der Waals surface area contributed by atoms with Crippen LogP contribution in [0.5, 0.6) is 0 Å². The molecule has 0 aromatic heterocycles. The van der Waals surface area contributed by atoms with Crippen molar-refractivity contribution < 1.29 is 53.3 Å². The molecule has 47 heavy (non-hydrogen) atoms. The number of esters is 1. The number of carbonyl (C=O) groups excluding carboxylic acids is 7. The third-order valence-corrected chi connectivity index (χ3v) is 8.42. The van der Waals surface area contributed by atoms with E-state index in [0.717, 1.165) is 0 Å². The molecular formula is C28H48N6O11S2. The highest BCUT2D eigenvalue weighted by Gasteiger charge is 2.34. The van der Waals surface area contributed by atoms with Gasteiger partial charge in [-0.25, -0.2) is 0 Å². The van der Waals surface area contributed by atoms with Gasteiger partial charge in [-0.3, -0.25) is 38.4 Å². The van der Waals surface area contributed by atoms with Gasteiger partial charge >= 0.3 is 11.9 Å². The molecule has 0 aromatic rings. The van der Waals surface area contributed by atoms with Crippen LogP contribution in [0.4, 0.5) is 0 Å². The molecule has 17 nitrogen and oxygen atoms in total. The van der Waals surface area contributed by atoms with Crippen LogP contribution in [0.3, 0.4) is 0 Å². The minimum absolute atomic E-state index is 0.00664. The summed E-state index contributed by atoms with van der Waals surface area (Å²) in [5.41, 5.74) is 5.94. The highest BCUT2D eigenvalue weighted by molar-refractivity contribution is 8.13. The van der Waals surface area contributed by atoms with Crippen molar-refractivity contribution >= 4 is 70.1 Å². The van der Waals surface area contributed by atoms with Crippen LogP contribution < -0.4 is 32.3 Å². The first-order chi connectivity index (χ1) is 21.9. The molecule has 0 aliphatic carbocycles. The predicted octanol–water partition coefficient (Wildman–Crippen LogP) is -1.79. The van der Waals surface area contributed by atoms with E-state index in [-0.39, 0.29) is 36.3 Å².